The Labute approximate surface area is 147 Å². The molecule has 0 aliphatic heterocycles. The molecule has 0 atom stereocenters. The van der Waals surface area contributed by atoms with Crippen molar-refractivity contribution in [2.75, 3.05) is 0 Å². The van der Waals surface area contributed by atoms with Crippen LogP contribution in [0.1, 0.15) is 0 Å². The maximum Gasteiger partial charge on any atom is 0.489 e. The fourth-order valence-corrected chi connectivity index (χ4v) is 3.39. The van der Waals surface area contributed by atoms with Crippen LogP contribution in [-0.2, 0) is 0 Å². The van der Waals surface area contributed by atoms with Gasteiger partial charge in [0.25, 0.3) is 0 Å². The zero-order valence-corrected chi connectivity index (χ0v) is 13.6. The Kier molecular flexibility index (Phi) is 4.10. The molecule has 4 aromatic rings. The van der Waals surface area contributed by atoms with Gasteiger partial charge in [-0.05, 0) is 44.6 Å². The molecule has 0 fully saturated rings. The minimum absolute atomic E-state index is 0.543. The fourth-order valence-electron chi connectivity index (χ4n) is 3.39. The fraction of sp³-hybridized carbons (Fsp3) is 0. The van der Waals surface area contributed by atoms with Gasteiger partial charge >= 0.3 is 7.12 Å². The summed E-state index contributed by atoms with van der Waals surface area (Å²) in [5.74, 6) is 0. The van der Waals surface area contributed by atoms with E-state index < -0.39 is 7.12 Å². The van der Waals surface area contributed by atoms with Gasteiger partial charge < -0.3 is 10.0 Å². The molecule has 25 heavy (non-hydrogen) atoms. The van der Waals surface area contributed by atoms with E-state index >= 15 is 0 Å². The van der Waals surface area contributed by atoms with Crippen LogP contribution >= 0.6 is 0 Å². The van der Waals surface area contributed by atoms with E-state index in [0.29, 0.717) is 5.46 Å². The quantitative estimate of drug-likeness (QED) is 0.562. The Bertz CT molecular complexity index is 1010. The molecule has 0 aliphatic rings. The lowest BCUT2D eigenvalue weighted by molar-refractivity contribution is 0.426. The molecule has 0 bridgehead atoms. The molecule has 0 saturated heterocycles. The minimum atomic E-state index is -1.54. The van der Waals surface area contributed by atoms with E-state index in [4.69, 9.17) is 0 Å². The molecule has 4 aromatic carbocycles. The topological polar surface area (TPSA) is 40.5 Å². The van der Waals surface area contributed by atoms with Gasteiger partial charge in [0.2, 0.25) is 0 Å². The summed E-state index contributed by atoms with van der Waals surface area (Å²) >= 11 is 0. The Morgan fingerprint density at radius 2 is 1.00 bits per heavy atom. The van der Waals surface area contributed by atoms with E-state index in [2.05, 4.69) is 18.2 Å². The van der Waals surface area contributed by atoms with Crippen molar-refractivity contribution in [1.82, 2.24) is 0 Å². The lowest BCUT2D eigenvalue weighted by atomic mass is 9.71. The van der Waals surface area contributed by atoms with Gasteiger partial charge in [0.05, 0.1) is 0 Å². The number of fused-ring (bicyclic) bond motifs is 1. The van der Waals surface area contributed by atoms with Crippen molar-refractivity contribution in [3.8, 4) is 22.3 Å². The summed E-state index contributed by atoms with van der Waals surface area (Å²) in [7, 11) is -1.54. The first kappa shape index (κ1) is 15.6. The molecule has 3 heteroatoms. The van der Waals surface area contributed by atoms with Crippen LogP contribution in [0.4, 0.5) is 0 Å². The summed E-state index contributed by atoms with van der Waals surface area (Å²) in [4.78, 5) is 0. The first-order chi connectivity index (χ1) is 12.3. The molecule has 0 radical (unpaired) electrons. The van der Waals surface area contributed by atoms with E-state index in [9.17, 15) is 10.0 Å². The maximum atomic E-state index is 10.1. The summed E-state index contributed by atoms with van der Waals surface area (Å²) in [5.41, 5.74) is 4.54. The van der Waals surface area contributed by atoms with Crippen molar-refractivity contribution in [2.24, 2.45) is 0 Å². The highest BCUT2D eigenvalue weighted by molar-refractivity contribution is 6.64. The molecule has 0 amide bonds. The second-order valence-electron chi connectivity index (χ2n) is 6.04. The van der Waals surface area contributed by atoms with Crippen molar-refractivity contribution in [1.29, 1.82) is 0 Å². The summed E-state index contributed by atoms with van der Waals surface area (Å²) in [6.07, 6.45) is 0. The van der Waals surface area contributed by atoms with E-state index in [1.54, 1.807) is 0 Å². The van der Waals surface area contributed by atoms with Gasteiger partial charge in [-0.1, -0.05) is 84.9 Å². The molecule has 0 unspecified atom stereocenters. The van der Waals surface area contributed by atoms with Crippen LogP contribution in [-0.4, -0.2) is 17.2 Å². The second-order valence-corrected chi connectivity index (χ2v) is 6.04. The summed E-state index contributed by atoms with van der Waals surface area (Å²) in [5, 5.41) is 22.0. The van der Waals surface area contributed by atoms with Crippen LogP contribution in [0.25, 0.3) is 33.0 Å². The molecule has 0 spiro atoms. The number of benzene rings is 4. The standard InChI is InChI=1S/C22H17BO2/c24-23(25)22-19-14-8-7-13-18(19)20(16-9-3-1-4-10-16)15-21(22)17-11-5-2-6-12-17/h1-15,24-25H. The molecule has 2 N–H and O–H groups in total. The Morgan fingerprint density at radius 1 is 0.520 bits per heavy atom. The predicted octanol–water partition coefficient (Wildman–Crippen LogP) is 3.85. The Morgan fingerprint density at radius 3 is 1.56 bits per heavy atom. The molecule has 2 nitrogen and oxygen atoms in total. The normalized spacial score (nSPS) is 10.8. The highest BCUT2D eigenvalue weighted by Gasteiger charge is 2.22. The SMILES string of the molecule is OB(O)c1c(-c2ccccc2)cc(-c2ccccc2)c2ccccc12. The van der Waals surface area contributed by atoms with Crippen LogP contribution in [0, 0.1) is 0 Å². The van der Waals surface area contributed by atoms with Gasteiger partial charge in [-0.3, -0.25) is 0 Å². The van der Waals surface area contributed by atoms with Gasteiger partial charge in [0.1, 0.15) is 0 Å². The largest absolute Gasteiger partial charge is 0.489 e. The molecule has 0 saturated carbocycles. The van der Waals surface area contributed by atoms with Crippen LogP contribution in [0.15, 0.2) is 91.0 Å². The van der Waals surface area contributed by atoms with Gasteiger partial charge in [-0.2, -0.15) is 0 Å². The Balaban J connectivity index is 2.12. The Hall–Kier alpha value is -2.88. The van der Waals surface area contributed by atoms with Gasteiger partial charge in [-0.15, -0.1) is 0 Å². The van der Waals surface area contributed by atoms with Crippen LogP contribution < -0.4 is 5.46 Å². The third kappa shape index (κ3) is 2.84. The molecule has 0 aromatic heterocycles. The van der Waals surface area contributed by atoms with Crippen LogP contribution in [0.2, 0.25) is 0 Å². The van der Waals surface area contributed by atoms with E-state index in [1.807, 2.05) is 72.8 Å². The molecular formula is C22H17BO2. The van der Waals surface area contributed by atoms with E-state index in [1.165, 1.54) is 0 Å². The van der Waals surface area contributed by atoms with Crippen molar-refractivity contribution in [2.45, 2.75) is 0 Å². The lowest BCUT2D eigenvalue weighted by Crippen LogP contribution is -2.32. The first-order valence-corrected chi connectivity index (χ1v) is 8.28. The molecule has 120 valence electrons. The van der Waals surface area contributed by atoms with Crippen LogP contribution in [0.5, 0.6) is 0 Å². The third-order valence-corrected chi connectivity index (χ3v) is 4.51. The monoisotopic (exact) mass is 324 g/mol. The number of rotatable bonds is 3. The van der Waals surface area contributed by atoms with E-state index in [0.717, 1.165) is 33.0 Å². The zero-order valence-electron chi connectivity index (χ0n) is 13.6. The van der Waals surface area contributed by atoms with E-state index in [-0.39, 0.29) is 0 Å². The van der Waals surface area contributed by atoms with Gasteiger partial charge in [0, 0.05) is 0 Å². The first-order valence-electron chi connectivity index (χ1n) is 8.28. The maximum absolute atomic E-state index is 10.1. The molecule has 0 heterocycles. The predicted molar refractivity (Wildman–Crippen MR) is 105 cm³/mol. The summed E-state index contributed by atoms with van der Waals surface area (Å²) in [6.45, 7) is 0. The van der Waals surface area contributed by atoms with Crippen molar-refractivity contribution < 1.29 is 10.0 Å². The number of hydrogen-bond donors (Lipinski definition) is 2. The third-order valence-electron chi connectivity index (χ3n) is 4.51. The van der Waals surface area contributed by atoms with Gasteiger partial charge in [0.15, 0.2) is 0 Å². The summed E-state index contributed by atoms with van der Waals surface area (Å²) < 4.78 is 0. The van der Waals surface area contributed by atoms with Crippen LogP contribution in [0.3, 0.4) is 0 Å². The molecule has 0 aliphatic carbocycles. The summed E-state index contributed by atoms with van der Waals surface area (Å²) in [6, 6.07) is 30.0. The van der Waals surface area contributed by atoms with Crippen molar-refractivity contribution >= 4 is 23.4 Å². The second kappa shape index (κ2) is 6.56. The van der Waals surface area contributed by atoms with Crippen molar-refractivity contribution in [3.63, 3.8) is 0 Å². The van der Waals surface area contributed by atoms with Crippen molar-refractivity contribution in [3.05, 3.63) is 91.0 Å². The smallest absolute Gasteiger partial charge is 0.423 e. The minimum Gasteiger partial charge on any atom is -0.423 e. The molecular weight excluding hydrogens is 307 g/mol. The van der Waals surface area contributed by atoms with Gasteiger partial charge in [-0.25, -0.2) is 0 Å². The molecule has 4 rings (SSSR count). The average Bonchev–Trinajstić information content (AvgIpc) is 2.68. The lowest BCUT2D eigenvalue weighted by Gasteiger charge is -2.17. The average molecular weight is 324 g/mol. The highest BCUT2D eigenvalue weighted by Crippen LogP contribution is 2.33. The highest BCUT2D eigenvalue weighted by atomic mass is 16.4. The number of hydrogen-bond acceptors (Lipinski definition) is 2. The zero-order chi connectivity index (χ0) is 17.2.